The van der Waals surface area contributed by atoms with Gasteiger partial charge in [0.15, 0.2) is 0 Å². The third kappa shape index (κ3) is 21.6. The Labute approximate surface area is 356 Å². The molecule has 0 heterocycles. The van der Waals surface area contributed by atoms with E-state index in [1.165, 1.54) is 16.9 Å². The van der Waals surface area contributed by atoms with Crippen molar-refractivity contribution in [2.24, 2.45) is 11.3 Å². The number of halogens is 3. The van der Waals surface area contributed by atoms with Gasteiger partial charge in [0, 0.05) is 35.7 Å². The van der Waals surface area contributed by atoms with Crippen molar-refractivity contribution in [2.75, 3.05) is 55.8 Å². The van der Waals surface area contributed by atoms with E-state index in [9.17, 15) is 37.1 Å². The highest BCUT2D eigenvalue weighted by Crippen LogP contribution is 2.20. The smallest absolute Gasteiger partial charge is 0.490 e. The maximum absolute atomic E-state index is 13.8. The van der Waals surface area contributed by atoms with Crippen molar-refractivity contribution in [3.8, 4) is 5.75 Å². The molecule has 0 atom stereocenters. The fraction of sp³-hybridized carbons (Fsp3) is 0.455. The second-order valence-corrected chi connectivity index (χ2v) is 15.1. The summed E-state index contributed by atoms with van der Waals surface area (Å²) in [6, 6.07) is 20.2. The molecule has 0 aliphatic rings. The number of aryl methyl sites for hydroxylation is 1. The fourth-order valence-corrected chi connectivity index (χ4v) is 4.94. The lowest BCUT2D eigenvalue weighted by molar-refractivity contribution is -0.192. The highest BCUT2D eigenvalue weighted by Gasteiger charge is 2.38. The summed E-state index contributed by atoms with van der Waals surface area (Å²) in [5.74, 6) is -3.82. The molecule has 17 heteroatoms. The Balaban J connectivity index is 0.00000187. The zero-order chi connectivity index (χ0) is 46.3. The average molecular weight is 860 g/mol. The molecule has 3 rings (SSSR count). The molecule has 0 radical (unpaired) electrons. The number of hydrogen-bond donors (Lipinski definition) is 4. The van der Waals surface area contributed by atoms with Crippen molar-refractivity contribution < 1.29 is 56.5 Å². The highest BCUT2D eigenvalue weighted by atomic mass is 19.4. The number of aliphatic carboxylic acids is 1. The summed E-state index contributed by atoms with van der Waals surface area (Å²) < 4.78 is 42.4. The van der Waals surface area contributed by atoms with E-state index >= 15 is 0 Å². The van der Waals surface area contributed by atoms with Gasteiger partial charge < -0.3 is 40.3 Å². The van der Waals surface area contributed by atoms with Crippen molar-refractivity contribution in [3.05, 3.63) is 83.9 Å². The number of benzene rings is 3. The van der Waals surface area contributed by atoms with Crippen LogP contribution in [0.3, 0.4) is 0 Å². The number of esters is 1. The lowest BCUT2D eigenvalue weighted by atomic mass is 9.93. The number of carboxylic acids is 1. The summed E-state index contributed by atoms with van der Waals surface area (Å²) in [5.41, 5.74) is 2.92. The zero-order valence-corrected chi connectivity index (χ0v) is 36.4. The van der Waals surface area contributed by atoms with Crippen LogP contribution in [0.15, 0.2) is 72.8 Å². The Bertz CT molecular complexity index is 1880. The minimum absolute atomic E-state index is 0.00638. The fourth-order valence-electron chi connectivity index (χ4n) is 4.94. The van der Waals surface area contributed by atoms with Gasteiger partial charge in [0.1, 0.15) is 12.3 Å². The molecule has 61 heavy (non-hydrogen) atoms. The van der Waals surface area contributed by atoms with Gasteiger partial charge in [-0.3, -0.25) is 19.2 Å². The molecule has 0 unspecified atom stereocenters. The first-order valence-corrected chi connectivity index (χ1v) is 19.8. The van der Waals surface area contributed by atoms with Crippen LogP contribution in [0.5, 0.6) is 5.75 Å². The van der Waals surface area contributed by atoms with Gasteiger partial charge in [-0.1, -0.05) is 72.7 Å². The second kappa shape index (κ2) is 26.2. The molecule has 3 aromatic rings. The summed E-state index contributed by atoms with van der Waals surface area (Å²) in [6.07, 6.45) is -3.87. The van der Waals surface area contributed by atoms with E-state index in [4.69, 9.17) is 19.4 Å². The van der Waals surface area contributed by atoms with Crippen LogP contribution in [0.2, 0.25) is 0 Å². The third-order valence-corrected chi connectivity index (χ3v) is 8.36. The lowest BCUT2D eigenvalue weighted by Gasteiger charge is -2.28. The van der Waals surface area contributed by atoms with E-state index in [-0.39, 0.29) is 44.0 Å². The first-order valence-electron chi connectivity index (χ1n) is 19.8. The molecule has 5 amide bonds. The number of nitrogens with one attached hydrogen (secondary N) is 3. The Morgan fingerprint density at radius 1 is 0.787 bits per heavy atom. The number of rotatable bonds is 17. The molecule has 0 bridgehead atoms. The predicted molar refractivity (Wildman–Crippen MR) is 229 cm³/mol. The van der Waals surface area contributed by atoms with Crippen LogP contribution < -0.4 is 20.7 Å². The van der Waals surface area contributed by atoms with E-state index < -0.39 is 41.9 Å². The third-order valence-electron chi connectivity index (χ3n) is 8.36. The number of para-hydroxylation sites is 1. The molecule has 0 saturated heterocycles. The molecule has 4 N–H and O–H groups in total. The number of carboxylic acid groups (broad SMARTS) is 1. The van der Waals surface area contributed by atoms with Crippen molar-refractivity contribution in [1.82, 2.24) is 9.80 Å². The van der Waals surface area contributed by atoms with E-state index in [2.05, 4.69) is 36.7 Å². The van der Waals surface area contributed by atoms with Crippen LogP contribution in [0, 0.1) is 18.3 Å². The Morgan fingerprint density at radius 2 is 1.38 bits per heavy atom. The summed E-state index contributed by atoms with van der Waals surface area (Å²) >= 11 is 0. The van der Waals surface area contributed by atoms with Crippen LogP contribution in [0.1, 0.15) is 83.7 Å². The Morgan fingerprint density at radius 3 is 1.92 bits per heavy atom. The average Bonchev–Trinajstić information content (AvgIpc) is 3.19. The first kappa shape index (κ1) is 52.9. The molecule has 0 aliphatic carbocycles. The number of carbonyl (C=O) groups excluding carboxylic acids is 5. The predicted octanol–water partition coefficient (Wildman–Crippen LogP) is 8.63. The number of ether oxygens (including phenoxy) is 2. The van der Waals surface area contributed by atoms with E-state index in [1.54, 1.807) is 48.5 Å². The van der Waals surface area contributed by atoms with Gasteiger partial charge in [0.2, 0.25) is 11.8 Å². The summed E-state index contributed by atoms with van der Waals surface area (Å²) in [4.78, 5) is 77.5. The normalized spacial score (nSPS) is 10.8. The Kier molecular flexibility index (Phi) is 22.7. The molecule has 0 spiro atoms. The van der Waals surface area contributed by atoms with Gasteiger partial charge in [0.05, 0.1) is 26.7 Å². The van der Waals surface area contributed by atoms with Crippen LogP contribution >= 0.6 is 0 Å². The molecule has 0 aliphatic heterocycles. The molecule has 14 nitrogen and oxygen atoms in total. The number of methoxy groups -OCH3 is 1. The maximum Gasteiger partial charge on any atom is 0.490 e. The van der Waals surface area contributed by atoms with Gasteiger partial charge in [0.25, 0.3) is 5.91 Å². The van der Waals surface area contributed by atoms with Crippen molar-refractivity contribution in [3.63, 3.8) is 0 Å². The number of urea groups is 1. The van der Waals surface area contributed by atoms with E-state index in [0.29, 0.717) is 47.8 Å². The molecular weight excluding hydrogens is 800 g/mol. The lowest BCUT2D eigenvalue weighted by Crippen LogP contribution is -2.46. The number of carbonyl (C=O) groups is 6. The SMILES string of the molecule is CC.COc1cccc(C(=O)N(CCC(=O)OCCC(C)(C)C)CC(=O)N(CCC(C)C)CC(=O)Nc2ccc(NC(=O)Nc3ccccc3C)cc2)c1.O=C(O)C(F)(F)F. The van der Waals surface area contributed by atoms with Crippen molar-refractivity contribution in [2.45, 2.75) is 80.8 Å². The van der Waals surface area contributed by atoms with Crippen LogP contribution in [-0.2, 0) is 23.9 Å². The number of alkyl halides is 3. The van der Waals surface area contributed by atoms with Crippen LogP contribution in [-0.4, -0.2) is 96.7 Å². The number of nitrogens with zero attached hydrogens (tertiary/aromatic N) is 2. The Hall–Kier alpha value is -6.13. The van der Waals surface area contributed by atoms with Gasteiger partial charge in [-0.2, -0.15) is 13.2 Å². The number of anilines is 3. The summed E-state index contributed by atoms with van der Waals surface area (Å²) in [6.45, 7) is 16.0. The quantitative estimate of drug-likeness (QED) is 0.0966. The highest BCUT2D eigenvalue weighted by molar-refractivity contribution is 6.01. The standard InChI is InChI=1S/C40H53N5O7.C2HF3O2.C2H6/c1-28(2)19-22-44(26-35(46)41-31-15-17-32(18-16-31)42-39(50)43-34-14-9-8-11-29(34)3)36(47)27-45(23-20-37(48)52-24-21-40(4,5)6)38(49)30-12-10-13-33(25-30)51-7;3-2(4,5)1(6)7;1-2/h8-18,25,28H,19-24,26-27H2,1-7H3,(H,41,46)(H2,42,43,50);(H,6,7);1-2H3. The molecule has 0 aromatic heterocycles. The van der Waals surface area contributed by atoms with Crippen molar-refractivity contribution in [1.29, 1.82) is 0 Å². The van der Waals surface area contributed by atoms with Gasteiger partial charge in [-0.05, 0) is 85.2 Å². The summed E-state index contributed by atoms with van der Waals surface area (Å²) in [5, 5.41) is 15.5. The van der Waals surface area contributed by atoms with E-state index in [0.717, 1.165) is 5.56 Å². The molecule has 336 valence electrons. The van der Waals surface area contributed by atoms with Crippen LogP contribution in [0.25, 0.3) is 0 Å². The largest absolute Gasteiger partial charge is 0.497 e. The van der Waals surface area contributed by atoms with Gasteiger partial charge in [-0.15, -0.1) is 0 Å². The first-order chi connectivity index (χ1) is 28.6. The van der Waals surface area contributed by atoms with Gasteiger partial charge >= 0.3 is 24.1 Å². The summed E-state index contributed by atoms with van der Waals surface area (Å²) in [7, 11) is 1.49. The molecule has 0 fully saturated rings. The molecular formula is C44H60F3N5O9. The zero-order valence-electron chi connectivity index (χ0n) is 36.4. The minimum atomic E-state index is -5.08. The van der Waals surface area contributed by atoms with Crippen molar-refractivity contribution >= 4 is 52.8 Å². The molecule has 0 saturated carbocycles. The molecule has 3 aromatic carbocycles. The maximum atomic E-state index is 13.8. The van der Waals surface area contributed by atoms with Gasteiger partial charge in [-0.25, -0.2) is 9.59 Å². The minimum Gasteiger partial charge on any atom is -0.497 e. The monoisotopic (exact) mass is 859 g/mol. The number of hydrogen-bond acceptors (Lipinski definition) is 8. The second-order valence-electron chi connectivity index (χ2n) is 15.1. The number of amides is 5. The van der Waals surface area contributed by atoms with Crippen LogP contribution in [0.4, 0.5) is 35.0 Å². The van der Waals surface area contributed by atoms with E-state index in [1.807, 2.05) is 58.9 Å². The topological polar surface area (TPSA) is 184 Å².